The lowest BCUT2D eigenvalue weighted by Crippen LogP contribution is -2.51. The van der Waals surface area contributed by atoms with Gasteiger partial charge in [0.05, 0.1) is 6.04 Å². The molecule has 4 aliphatic carbocycles. The largest absolute Gasteiger partial charge is 0.451 e. The minimum absolute atomic E-state index is 0.0413. The molecule has 4 rings (SSSR count). The summed E-state index contributed by atoms with van der Waals surface area (Å²) in [5, 5.41) is 0. The van der Waals surface area contributed by atoms with Crippen molar-refractivity contribution in [3.05, 3.63) is 11.6 Å². The maximum atomic E-state index is 12.8. The number of hydrogen-bond acceptors (Lipinski definition) is 3. The Balaban J connectivity index is 1.54. The van der Waals surface area contributed by atoms with E-state index in [1.54, 1.807) is 0 Å². The minimum Gasteiger partial charge on any atom is -0.321 e. The third kappa shape index (κ3) is 3.30. The van der Waals surface area contributed by atoms with Gasteiger partial charge in [-0.3, -0.25) is 9.59 Å². The van der Waals surface area contributed by atoms with Crippen molar-refractivity contribution in [1.29, 1.82) is 0 Å². The molecule has 1 unspecified atom stereocenters. The summed E-state index contributed by atoms with van der Waals surface area (Å²) in [6.45, 7) is 4.48. The minimum atomic E-state index is -4.86. The second-order valence-corrected chi connectivity index (χ2v) is 10.5. The van der Waals surface area contributed by atoms with E-state index in [1.807, 2.05) is 0 Å². The number of allylic oxidation sites excluding steroid dienone is 2. The van der Waals surface area contributed by atoms with Crippen LogP contribution >= 0.6 is 0 Å². The number of carbonyl (C=O) groups excluding carboxylic acids is 2. The molecule has 3 saturated carbocycles. The third-order valence-corrected chi connectivity index (χ3v) is 9.21. The van der Waals surface area contributed by atoms with Crippen LogP contribution in [0.3, 0.4) is 0 Å². The van der Waals surface area contributed by atoms with Crippen molar-refractivity contribution in [2.45, 2.75) is 83.9 Å². The zero-order chi connectivity index (χ0) is 21.2. The van der Waals surface area contributed by atoms with Crippen molar-refractivity contribution in [2.24, 2.45) is 40.2 Å². The summed E-state index contributed by atoms with van der Waals surface area (Å²) >= 11 is 0. The van der Waals surface area contributed by atoms with Crippen LogP contribution in [-0.2, 0) is 9.59 Å². The average Bonchev–Trinajstić information content (AvgIpc) is 2.96. The lowest BCUT2D eigenvalue weighted by atomic mass is 9.47. The summed E-state index contributed by atoms with van der Waals surface area (Å²) in [5.74, 6) is 0.0188. The van der Waals surface area contributed by atoms with Gasteiger partial charge in [-0.1, -0.05) is 25.5 Å². The third-order valence-electron chi connectivity index (χ3n) is 9.21. The van der Waals surface area contributed by atoms with Crippen LogP contribution < -0.4 is 5.73 Å². The van der Waals surface area contributed by atoms with Gasteiger partial charge in [-0.25, -0.2) is 0 Å². The number of fused-ring (bicyclic) bond motifs is 5. The molecule has 0 heterocycles. The van der Waals surface area contributed by atoms with E-state index >= 15 is 0 Å². The van der Waals surface area contributed by atoms with Crippen molar-refractivity contribution < 1.29 is 22.8 Å². The van der Waals surface area contributed by atoms with Crippen molar-refractivity contribution >= 4 is 11.6 Å². The van der Waals surface area contributed by atoms with Crippen molar-refractivity contribution in [3.63, 3.8) is 0 Å². The number of nitrogens with two attached hydrogens (primary N) is 1. The Morgan fingerprint density at radius 3 is 2.62 bits per heavy atom. The second kappa shape index (κ2) is 6.93. The van der Waals surface area contributed by atoms with Crippen LogP contribution in [0.4, 0.5) is 13.2 Å². The smallest absolute Gasteiger partial charge is 0.321 e. The van der Waals surface area contributed by atoms with Crippen LogP contribution in [0.1, 0.15) is 71.6 Å². The van der Waals surface area contributed by atoms with Gasteiger partial charge >= 0.3 is 6.18 Å². The zero-order valence-electron chi connectivity index (χ0n) is 17.4. The Labute approximate surface area is 170 Å². The van der Waals surface area contributed by atoms with Gasteiger partial charge in [0.1, 0.15) is 5.78 Å². The van der Waals surface area contributed by atoms with Gasteiger partial charge in [0.2, 0.25) is 0 Å². The number of rotatable bonds is 3. The Morgan fingerprint density at radius 1 is 1.21 bits per heavy atom. The summed E-state index contributed by atoms with van der Waals surface area (Å²) in [4.78, 5) is 23.8. The number of ketones is 2. The molecule has 162 valence electrons. The van der Waals surface area contributed by atoms with E-state index in [9.17, 15) is 22.8 Å². The monoisotopic (exact) mass is 411 g/mol. The fourth-order valence-electron chi connectivity index (χ4n) is 7.68. The molecule has 6 heteroatoms. The maximum Gasteiger partial charge on any atom is 0.451 e. The Morgan fingerprint density at radius 2 is 1.93 bits per heavy atom. The summed E-state index contributed by atoms with van der Waals surface area (Å²) in [5.41, 5.74) is 7.05. The second-order valence-electron chi connectivity index (χ2n) is 10.5. The van der Waals surface area contributed by atoms with Gasteiger partial charge in [-0.05, 0) is 79.4 Å². The molecular formula is C23H32F3NO2. The Hall–Kier alpha value is -1.17. The lowest BCUT2D eigenvalue weighted by Gasteiger charge is -2.57. The first-order valence-corrected chi connectivity index (χ1v) is 11.0. The number of Topliss-reactive ketones (excluding diaryl/α,β-unsaturated/α-hetero) is 2. The molecule has 0 bridgehead atoms. The standard InChI is InChI=1S/C23H32F3NO2/c1-21-10-9-18-16(7-4-13-3-6-15(28)12-22(13,18)2)17(21)8-5-14(21)11-19(27)20(29)23(24,25)26/h4,14,16-19H,3,5-12,27H2,1-2H3/t14-,16+,17+,18+,19?,21-,22+/m1/s1. The van der Waals surface area contributed by atoms with E-state index in [0.717, 1.165) is 38.5 Å². The molecule has 7 atom stereocenters. The summed E-state index contributed by atoms with van der Waals surface area (Å²) in [6, 6.07) is -1.46. The first-order chi connectivity index (χ1) is 13.5. The fourth-order valence-corrected chi connectivity index (χ4v) is 7.68. The molecule has 0 aliphatic heterocycles. The average molecular weight is 412 g/mol. The molecule has 2 N–H and O–H groups in total. The molecule has 4 aliphatic rings. The van der Waals surface area contributed by atoms with E-state index in [2.05, 4.69) is 19.9 Å². The van der Waals surface area contributed by atoms with Gasteiger partial charge in [0, 0.05) is 12.8 Å². The highest BCUT2D eigenvalue weighted by Crippen LogP contribution is 2.66. The predicted molar refractivity (Wildman–Crippen MR) is 104 cm³/mol. The zero-order valence-corrected chi connectivity index (χ0v) is 17.4. The molecule has 0 aromatic heterocycles. The van der Waals surface area contributed by atoms with Crippen LogP contribution in [0.5, 0.6) is 0 Å². The highest BCUT2D eigenvalue weighted by molar-refractivity contribution is 5.88. The molecule has 3 nitrogen and oxygen atoms in total. The van der Waals surface area contributed by atoms with Crippen molar-refractivity contribution in [2.75, 3.05) is 0 Å². The topological polar surface area (TPSA) is 60.2 Å². The van der Waals surface area contributed by atoms with Gasteiger partial charge < -0.3 is 5.73 Å². The van der Waals surface area contributed by atoms with E-state index in [1.165, 1.54) is 5.57 Å². The van der Waals surface area contributed by atoms with Crippen LogP contribution in [0.25, 0.3) is 0 Å². The Kier molecular flexibility index (Phi) is 5.04. The van der Waals surface area contributed by atoms with Gasteiger partial charge in [-0.2, -0.15) is 13.2 Å². The first kappa shape index (κ1) is 21.1. The van der Waals surface area contributed by atoms with Gasteiger partial charge in [0.15, 0.2) is 0 Å². The predicted octanol–water partition coefficient (Wildman–Crippen LogP) is 4.98. The number of halogens is 3. The number of alkyl halides is 3. The van der Waals surface area contributed by atoms with Crippen molar-refractivity contribution in [3.8, 4) is 0 Å². The highest BCUT2D eigenvalue weighted by Gasteiger charge is 2.59. The summed E-state index contributed by atoms with van der Waals surface area (Å²) < 4.78 is 38.4. The lowest BCUT2D eigenvalue weighted by molar-refractivity contribution is -0.173. The van der Waals surface area contributed by atoms with Gasteiger partial charge in [-0.15, -0.1) is 0 Å². The van der Waals surface area contributed by atoms with Crippen molar-refractivity contribution in [1.82, 2.24) is 0 Å². The molecule has 3 fully saturated rings. The number of hydrogen-bond donors (Lipinski definition) is 1. The van der Waals surface area contributed by atoms with E-state index in [-0.39, 0.29) is 23.2 Å². The van der Waals surface area contributed by atoms with Crippen LogP contribution in [0.15, 0.2) is 11.6 Å². The highest BCUT2D eigenvalue weighted by atomic mass is 19.4. The molecule has 29 heavy (non-hydrogen) atoms. The molecule has 0 amide bonds. The molecule has 0 aromatic carbocycles. The summed E-state index contributed by atoms with van der Waals surface area (Å²) in [6.07, 6.45) is 4.63. The van der Waals surface area contributed by atoms with Gasteiger partial charge in [0.25, 0.3) is 5.78 Å². The quantitative estimate of drug-likeness (QED) is 0.666. The van der Waals surface area contributed by atoms with E-state index < -0.39 is 18.0 Å². The number of carbonyl (C=O) groups is 2. The molecule has 0 saturated heterocycles. The normalized spacial score (nSPS) is 43.1. The van der Waals surface area contributed by atoms with Crippen LogP contribution in [0, 0.1) is 34.5 Å². The van der Waals surface area contributed by atoms with E-state index in [0.29, 0.717) is 36.4 Å². The van der Waals surface area contributed by atoms with Crippen LogP contribution in [-0.4, -0.2) is 23.8 Å². The summed E-state index contributed by atoms with van der Waals surface area (Å²) in [7, 11) is 0. The van der Waals surface area contributed by atoms with E-state index in [4.69, 9.17) is 5.73 Å². The molecular weight excluding hydrogens is 379 g/mol. The SMILES string of the molecule is C[C@]12CC[C@H]3[C@@H](CC=C4CCC(=O)C[C@@]43C)[C@@H]1CC[C@@H]2CC(N)C(=O)C(F)(F)F. The molecule has 0 aromatic rings. The molecule has 0 radical (unpaired) electrons. The fraction of sp³-hybridized carbons (Fsp3) is 0.826. The maximum absolute atomic E-state index is 12.8. The molecule has 0 spiro atoms. The first-order valence-electron chi connectivity index (χ1n) is 11.0. The Bertz CT molecular complexity index is 745. The van der Waals surface area contributed by atoms with Crippen LogP contribution in [0.2, 0.25) is 0 Å².